The number of likely N-dealkylation sites (N-methyl/N-ethyl adjacent to an activating group) is 1. The first-order valence-electron chi connectivity index (χ1n) is 8.40. The zero-order chi connectivity index (χ0) is 17.6. The number of nitrogens with one attached hydrogen (secondary N) is 1. The van der Waals surface area contributed by atoms with Crippen LogP contribution < -0.4 is 4.90 Å². The molecular formula is C20H23N3O2. The molecule has 0 spiro atoms. The molecule has 2 N–H and O–H groups in total. The van der Waals surface area contributed by atoms with Crippen LogP contribution in [0.4, 0.5) is 11.4 Å². The van der Waals surface area contributed by atoms with Crippen molar-refractivity contribution in [3.63, 3.8) is 0 Å². The molecule has 2 aromatic carbocycles. The summed E-state index contributed by atoms with van der Waals surface area (Å²) in [5.74, 6) is 0.137. The molecule has 3 aromatic rings. The number of hydrogen-bond acceptors (Lipinski definition) is 4. The first-order chi connectivity index (χ1) is 12.2. The second kappa shape index (κ2) is 7.85. The predicted molar refractivity (Wildman–Crippen MR) is 103 cm³/mol. The van der Waals surface area contributed by atoms with Crippen molar-refractivity contribution in [3.8, 4) is 5.88 Å². The number of aromatic amines is 1. The number of H-pyrrole nitrogens is 1. The lowest BCUT2D eigenvalue weighted by molar-refractivity contribution is 0.205. The van der Waals surface area contributed by atoms with Crippen LogP contribution in [-0.2, 0) is 4.74 Å². The third kappa shape index (κ3) is 3.83. The van der Waals surface area contributed by atoms with Crippen LogP contribution >= 0.6 is 0 Å². The number of hydrogen-bond donors (Lipinski definition) is 2. The molecule has 5 nitrogen and oxygen atoms in total. The molecule has 0 aliphatic rings. The molecule has 0 amide bonds. The number of para-hydroxylation sites is 1. The molecule has 5 heteroatoms. The van der Waals surface area contributed by atoms with Crippen molar-refractivity contribution in [1.82, 2.24) is 4.98 Å². The Bertz CT molecular complexity index is 853. The van der Waals surface area contributed by atoms with Gasteiger partial charge >= 0.3 is 0 Å². The van der Waals surface area contributed by atoms with Crippen molar-refractivity contribution in [2.45, 2.75) is 6.92 Å². The maximum Gasteiger partial charge on any atom is 0.198 e. The summed E-state index contributed by atoms with van der Waals surface area (Å²) in [4.78, 5) is 9.71. The minimum absolute atomic E-state index is 0.137. The first kappa shape index (κ1) is 17.0. The number of methoxy groups -OCH3 is 1. The van der Waals surface area contributed by atoms with Crippen LogP contribution in [0.3, 0.4) is 0 Å². The summed E-state index contributed by atoms with van der Waals surface area (Å²) >= 11 is 0. The van der Waals surface area contributed by atoms with Gasteiger partial charge in [-0.3, -0.25) is 4.99 Å². The van der Waals surface area contributed by atoms with E-state index < -0.39 is 0 Å². The minimum atomic E-state index is 0.137. The van der Waals surface area contributed by atoms with Crippen molar-refractivity contribution in [2.24, 2.45) is 4.99 Å². The Morgan fingerprint density at radius 3 is 2.64 bits per heavy atom. The zero-order valence-electron chi connectivity index (χ0n) is 14.6. The van der Waals surface area contributed by atoms with Gasteiger partial charge < -0.3 is 19.7 Å². The molecule has 0 bridgehead atoms. The van der Waals surface area contributed by atoms with Gasteiger partial charge in [-0.15, -0.1) is 0 Å². The highest BCUT2D eigenvalue weighted by Gasteiger charge is 2.08. The summed E-state index contributed by atoms with van der Waals surface area (Å²) in [5.41, 5.74) is 3.59. The van der Waals surface area contributed by atoms with Crippen molar-refractivity contribution >= 4 is 28.5 Å². The smallest absolute Gasteiger partial charge is 0.198 e. The molecule has 0 saturated carbocycles. The van der Waals surface area contributed by atoms with Gasteiger partial charge in [0.15, 0.2) is 5.88 Å². The quantitative estimate of drug-likeness (QED) is 0.638. The molecule has 0 saturated heterocycles. The molecule has 0 aliphatic heterocycles. The van der Waals surface area contributed by atoms with Crippen LogP contribution in [0.1, 0.15) is 12.5 Å². The fourth-order valence-electron chi connectivity index (χ4n) is 2.84. The Balaban J connectivity index is 1.78. The van der Waals surface area contributed by atoms with Crippen molar-refractivity contribution in [2.75, 3.05) is 31.7 Å². The van der Waals surface area contributed by atoms with Crippen molar-refractivity contribution in [3.05, 3.63) is 54.1 Å². The molecule has 1 heterocycles. The van der Waals surface area contributed by atoms with E-state index in [1.165, 1.54) is 0 Å². The molecule has 25 heavy (non-hydrogen) atoms. The summed E-state index contributed by atoms with van der Waals surface area (Å²) in [5, 5.41) is 11.0. The van der Waals surface area contributed by atoms with Crippen LogP contribution in [0.2, 0.25) is 0 Å². The molecule has 0 aliphatic carbocycles. The number of fused-ring (bicyclic) bond motifs is 1. The van der Waals surface area contributed by atoms with E-state index in [0.717, 1.165) is 35.4 Å². The van der Waals surface area contributed by atoms with Gasteiger partial charge in [0, 0.05) is 43.0 Å². The van der Waals surface area contributed by atoms with Gasteiger partial charge in [0.1, 0.15) is 0 Å². The van der Waals surface area contributed by atoms with Gasteiger partial charge in [-0.1, -0.05) is 18.2 Å². The van der Waals surface area contributed by atoms with Crippen LogP contribution in [0.15, 0.2) is 53.5 Å². The summed E-state index contributed by atoms with van der Waals surface area (Å²) in [7, 11) is 1.71. The highest BCUT2D eigenvalue weighted by atomic mass is 16.5. The fraction of sp³-hybridized carbons (Fsp3) is 0.250. The second-order valence-electron chi connectivity index (χ2n) is 5.78. The van der Waals surface area contributed by atoms with E-state index in [4.69, 9.17) is 4.74 Å². The number of ether oxygens (including phenoxy) is 1. The number of aliphatic imine (C=N–C) groups is 1. The molecule has 0 atom stereocenters. The molecule has 0 unspecified atom stereocenters. The van der Waals surface area contributed by atoms with E-state index in [2.05, 4.69) is 33.9 Å². The van der Waals surface area contributed by atoms with E-state index in [0.29, 0.717) is 12.2 Å². The Morgan fingerprint density at radius 1 is 1.16 bits per heavy atom. The maximum absolute atomic E-state index is 10.1. The van der Waals surface area contributed by atoms with Gasteiger partial charge in [0.25, 0.3) is 0 Å². The van der Waals surface area contributed by atoms with Crippen LogP contribution in [0, 0.1) is 0 Å². The summed E-state index contributed by atoms with van der Waals surface area (Å²) < 4.78 is 5.15. The predicted octanol–water partition coefficient (Wildman–Crippen LogP) is 4.10. The molecule has 0 fully saturated rings. The number of nitrogens with zero attached hydrogens (tertiary/aromatic N) is 2. The first-order valence-corrected chi connectivity index (χ1v) is 8.40. The van der Waals surface area contributed by atoms with Crippen LogP contribution in [-0.4, -0.2) is 43.1 Å². The van der Waals surface area contributed by atoms with Crippen LogP contribution in [0.5, 0.6) is 5.88 Å². The molecule has 1 aromatic heterocycles. The highest BCUT2D eigenvalue weighted by molar-refractivity contribution is 6.02. The fourth-order valence-corrected chi connectivity index (χ4v) is 2.84. The molecule has 130 valence electrons. The van der Waals surface area contributed by atoms with E-state index >= 15 is 0 Å². The van der Waals surface area contributed by atoms with E-state index in [-0.39, 0.29) is 5.88 Å². The largest absolute Gasteiger partial charge is 0.494 e. The van der Waals surface area contributed by atoms with Gasteiger partial charge in [-0.2, -0.15) is 0 Å². The number of anilines is 1. The number of aromatic hydroxyl groups is 1. The zero-order valence-corrected chi connectivity index (χ0v) is 14.6. The number of benzene rings is 2. The van der Waals surface area contributed by atoms with E-state index in [9.17, 15) is 5.11 Å². The van der Waals surface area contributed by atoms with Gasteiger partial charge in [0.05, 0.1) is 17.9 Å². The van der Waals surface area contributed by atoms with Gasteiger partial charge in [0.2, 0.25) is 0 Å². The third-order valence-electron chi connectivity index (χ3n) is 4.23. The van der Waals surface area contributed by atoms with E-state index in [1.807, 2.05) is 36.4 Å². The standard InChI is InChI=1S/C20H23N3O2/c1-3-23(12-13-25-2)16-10-8-15(9-11-16)21-14-18-17-6-4-5-7-19(17)22-20(18)24/h4-11,14,22,24H,3,12-13H2,1-2H3. The lowest BCUT2D eigenvalue weighted by atomic mass is 10.2. The molecular weight excluding hydrogens is 314 g/mol. The third-order valence-corrected chi connectivity index (χ3v) is 4.23. The second-order valence-corrected chi connectivity index (χ2v) is 5.78. The maximum atomic E-state index is 10.1. The Morgan fingerprint density at radius 2 is 1.92 bits per heavy atom. The topological polar surface area (TPSA) is 60.9 Å². The SMILES string of the molecule is CCN(CCOC)c1ccc(N=Cc2c(O)[nH]c3ccccc23)cc1. The lowest BCUT2D eigenvalue weighted by Gasteiger charge is -2.22. The summed E-state index contributed by atoms with van der Waals surface area (Å²) in [6, 6.07) is 15.8. The van der Waals surface area contributed by atoms with Crippen molar-refractivity contribution in [1.29, 1.82) is 0 Å². The average Bonchev–Trinajstić information content (AvgIpc) is 2.96. The minimum Gasteiger partial charge on any atom is -0.494 e. The normalized spacial score (nSPS) is 11.4. The Labute approximate surface area is 147 Å². The summed E-state index contributed by atoms with van der Waals surface area (Å²) in [6.45, 7) is 4.61. The van der Waals surface area contributed by atoms with Gasteiger partial charge in [-0.25, -0.2) is 0 Å². The van der Waals surface area contributed by atoms with E-state index in [1.54, 1.807) is 13.3 Å². The highest BCUT2D eigenvalue weighted by Crippen LogP contribution is 2.26. The lowest BCUT2D eigenvalue weighted by Crippen LogP contribution is -2.26. The van der Waals surface area contributed by atoms with Crippen LogP contribution in [0.25, 0.3) is 10.9 Å². The van der Waals surface area contributed by atoms with Crippen molar-refractivity contribution < 1.29 is 9.84 Å². The molecule has 0 radical (unpaired) electrons. The average molecular weight is 337 g/mol. The summed E-state index contributed by atoms with van der Waals surface area (Å²) in [6.07, 6.45) is 1.70. The molecule has 3 rings (SSSR count). The Hall–Kier alpha value is -2.79. The number of aromatic nitrogens is 1. The Kier molecular flexibility index (Phi) is 5.36. The van der Waals surface area contributed by atoms with Gasteiger partial charge in [-0.05, 0) is 37.3 Å². The number of rotatable bonds is 7. The monoisotopic (exact) mass is 337 g/mol.